The third-order valence-electron chi connectivity index (χ3n) is 2.25. The maximum atomic E-state index is 11.2. The van der Waals surface area contributed by atoms with Crippen LogP contribution in [0.1, 0.15) is 26.2 Å². The summed E-state index contributed by atoms with van der Waals surface area (Å²) < 4.78 is 22.5. The number of anilines is 1. The quantitative estimate of drug-likeness (QED) is 0.473. The second kappa shape index (κ2) is 6.28. The van der Waals surface area contributed by atoms with Crippen LogP contribution in [-0.4, -0.2) is 14.2 Å². The van der Waals surface area contributed by atoms with E-state index in [4.69, 9.17) is 10.9 Å². The maximum Gasteiger partial charge on any atom is 0.238 e. The van der Waals surface area contributed by atoms with E-state index in [-0.39, 0.29) is 4.90 Å². The molecule has 6 heteroatoms. The number of unbranched alkanes of at least 4 members (excludes halogenated alkanes) is 2. The van der Waals surface area contributed by atoms with Crippen molar-refractivity contribution >= 4 is 27.5 Å². The van der Waals surface area contributed by atoms with Gasteiger partial charge in [-0.25, -0.2) is 13.6 Å². The molecule has 0 spiro atoms. The van der Waals surface area contributed by atoms with Crippen LogP contribution in [0.5, 0.6) is 0 Å². The van der Waals surface area contributed by atoms with E-state index >= 15 is 0 Å². The minimum absolute atomic E-state index is 0.0792. The molecule has 0 aromatic heterocycles. The molecule has 4 nitrogen and oxygen atoms in total. The summed E-state index contributed by atoms with van der Waals surface area (Å²) in [7, 11) is -3.68. The summed E-state index contributed by atoms with van der Waals surface area (Å²) in [6.07, 6.45) is 3.46. The SMILES string of the molecule is CCCCCSc1cc(N)cc(S(N)(=O)=O)c1. The molecule has 1 rings (SSSR count). The van der Waals surface area contributed by atoms with Gasteiger partial charge >= 0.3 is 0 Å². The van der Waals surface area contributed by atoms with Crippen molar-refractivity contribution < 1.29 is 8.42 Å². The lowest BCUT2D eigenvalue weighted by Crippen LogP contribution is -2.12. The Hall–Kier alpha value is -0.720. The van der Waals surface area contributed by atoms with E-state index in [0.717, 1.165) is 17.1 Å². The van der Waals surface area contributed by atoms with E-state index in [2.05, 4.69) is 6.92 Å². The average Bonchev–Trinajstić information content (AvgIpc) is 2.22. The van der Waals surface area contributed by atoms with Crippen molar-refractivity contribution in [2.45, 2.75) is 36.0 Å². The van der Waals surface area contributed by atoms with Gasteiger partial charge in [-0.15, -0.1) is 11.8 Å². The van der Waals surface area contributed by atoms with Gasteiger partial charge in [0.15, 0.2) is 0 Å². The van der Waals surface area contributed by atoms with Crippen molar-refractivity contribution in [1.82, 2.24) is 0 Å². The van der Waals surface area contributed by atoms with Gasteiger partial charge in [-0.3, -0.25) is 0 Å². The molecule has 1 aromatic carbocycles. The molecule has 0 saturated heterocycles. The van der Waals surface area contributed by atoms with Crippen LogP contribution in [0.25, 0.3) is 0 Å². The normalized spacial score (nSPS) is 11.6. The van der Waals surface area contributed by atoms with Crippen molar-refractivity contribution in [2.75, 3.05) is 11.5 Å². The number of nitrogens with two attached hydrogens (primary N) is 2. The summed E-state index contributed by atoms with van der Waals surface area (Å²) in [5.41, 5.74) is 6.08. The number of hydrogen-bond donors (Lipinski definition) is 2. The minimum atomic E-state index is -3.68. The Kier molecular flexibility index (Phi) is 5.30. The highest BCUT2D eigenvalue weighted by molar-refractivity contribution is 7.99. The van der Waals surface area contributed by atoms with Crippen LogP contribution in [0.3, 0.4) is 0 Å². The first-order valence-corrected chi connectivity index (χ1v) is 8.03. The first-order chi connectivity index (χ1) is 7.93. The van der Waals surface area contributed by atoms with Crippen molar-refractivity contribution in [3.8, 4) is 0 Å². The Bertz CT molecular complexity index is 472. The second-order valence-electron chi connectivity index (χ2n) is 3.84. The molecule has 1 aromatic rings. The summed E-state index contributed by atoms with van der Waals surface area (Å²) in [6, 6.07) is 4.72. The first kappa shape index (κ1) is 14.3. The van der Waals surface area contributed by atoms with Crippen LogP contribution >= 0.6 is 11.8 Å². The zero-order valence-electron chi connectivity index (χ0n) is 9.85. The smallest absolute Gasteiger partial charge is 0.238 e. The number of hydrogen-bond acceptors (Lipinski definition) is 4. The van der Waals surface area contributed by atoms with Gasteiger partial charge in [0, 0.05) is 10.6 Å². The van der Waals surface area contributed by atoms with Crippen molar-refractivity contribution in [3.05, 3.63) is 18.2 Å². The lowest BCUT2D eigenvalue weighted by Gasteiger charge is -2.05. The minimum Gasteiger partial charge on any atom is -0.399 e. The number of thioether (sulfide) groups is 1. The van der Waals surface area contributed by atoms with E-state index in [9.17, 15) is 8.42 Å². The fourth-order valence-corrected chi connectivity index (χ4v) is 3.06. The molecule has 0 saturated carbocycles. The lowest BCUT2D eigenvalue weighted by atomic mass is 10.3. The van der Waals surface area contributed by atoms with Gasteiger partial charge in [0.1, 0.15) is 0 Å². The first-order valence-electron chi connectivity index (χ1n) is 5.49. The van der Waals surface area contributed by atoms with Crippen LogP contribution in [0.2, 0.25) is 0 Å². The van der Waals surface area contributed by atoms with Gasteiger partial charge in [-0.05, 0) is 30.4 Å². The van der Waals surface area contributed by atoms with Gasteiger partial charge < -0.3 is 5.73 Å². The molecule has 0 heterocycles. The number of benzene rings is 1. The van der Waals surface area contributed by atoms with E-state index in [1.54, 1.807) is 23.9 Å². The molecule has 0 unspecified atom stereocenters. The third-order valence-corrected chi connectivity index (χ3v) is 4.20. The van der Waals surface area contributed by atoms with E-state index in [1.807, 2.05) is 0 Å². The summed E-state index contributed by atoms with van der Waals surface area (Å²) in [5, 5.41) is 5.08. The lowest BCUT2D eigenvalue weighted by molar-refractivity contribution is 0.597. The molecule has 0 aliphatic heterocycles. The van der Waals surface area contributed by atoms with Crippen LogP contribution in [0.15, 0.2) is 28.0 Å². The Labute approximate surface area is 107 Å². The van der Waals surface area contributed by atoms with Gasteiger partial charge in [0.05, 0.1) is 4.90 Å². The van der Waals surface area contributed by atoms with Gasteiger partial charge in [-0.2, -0.15) is 0 Å². The van der Waals surface area contributed by atoms with Crippen molar-refractivity contribution in [2.24, 2.45) is 5.14 Å². The molecule has 0 aliphatic rings. The molecule has 17 heavy (non-hydrogen) atoms. The average molecular weight is 274 g/mol. The Balaban J connectivity index is 2.77. The van der Waals surface area contributed by atoms with E-state index in [1.165, 1.54) is 18.9 Å². The topological polar surface area (TPSA) is 86.2 Å². The van der Waals surface area contributed by atoms with Crippen LogP contribution < -0.4 is 10.9 Å². The fourth-order valence-electron chi connectivity index (χ4n) is 1.38. The highest BCUT2D eigenvalue weighted by atomic mass is 32.2. The molecule has 0 atom stereocenters. The standard InChI is InChI=1S/C11H18N2O2S2/c1-2-3-4-5-16-10-6-9(12)7-11(8-10)17(13,14)15/h6-8H,2-5,12H2,1H3,(H2,13,14,15). The van der Waals surface area contributed by atoms with Crippen LogP contribution in [0.4, 0.5) is 5.69 Å². The zero-order chi connectivity index (χ0) is 12.9. The van der Waals surface area contributed by atoms with Crippen molar-refractivity contribution in [3.63, 3.8) is 0 Å². The Morgan fingerprint density at radius 1 is 1.24 bits per heavy atom. The number of sulfonamides is 1. The molecule has 0 fully saturated rings. The van der Waals surface area contributed by atoms with Crippen LogP contribution in [-0.2, 0) is 10.0 Å². The largest absolute Gasteiger partial charge is 0.399 e. The van der Waals surface area contributed by atoms with E-state index in [0.29, 0.717) is 5.69 Å². The zero-order valence-corrected chi connectivity index (χ0v) is 11.5. The molecular weight excluding hydrogens is 256 g/mol. The molecular formula is C11H18N2O2S2. The van der Waals surface area contributed by atoms with Crippen molar-refractivity contribution in [1.29, 1.82) is 0 Å². The monoisotopic (exact) mass is 274 g/mol. The predicted octanol–water partition coefficient (Wildman–Crippen LogP) is 2.20. The molecule has 0 amide bonds. The molecule has 96 valence electrons. The summed E-state index contributed by atoms with van der Waals surface area (Å²) >= 11 is 1.60. The van der Waals surface area contributed by atoms with E-state index < -0.39 is 10.0 Å². The number of rotatable bonds is 6. The van der Waals surface area contributed by atoms with Gasteiger partial charge in [0.25, 0.3) is 0 Å². The highest BCUT2D eigenvalue weighted by Gasteiger charge is 2.09. The second-order valence-corrected chi connectivity index (χ2v) is 6.57. The summed E-state index contributed by atoms with van der Waals surface area (Å²) in [6.45, 7) is 2.14. The van der Waals surface area contributed by atoms with Gasteiger partial charge in [-0.1, -0.05) is 19.8 Å². The molecule has 0 bridgehead atoms. The molecule has 0 radical (unpaired) electrons. The summed E-state index contributed by atoms with van der Waals surface area (Å²) in [5.74, 6) is 0.960. The molecule has 4 N–H and O–H groups in total. The van der Waals surface area contributed by atoms with Crippen LogP contribution in [0, 0.1) is 0 Å². The third kappa shape index (κ3) is 4.97. The Morgan fingerprint density at radius 2 is 1.94 bits per heavy atom. The Morgan fingerprint density at radius 3 is 2.53 bits per heavy atom. The summed E-state index contributed by atoms with van der Waals surface area (Å²) in [4.78, 5) is 0.931. The number of primary sulfonamides is 1. The predicted molar refractivity (Wildman–Crippen MR) is 72.5 cm³/mol. The number of nitrogen functional groups attached to an aromatic ring is 1. The molecule has 0 aliphatic carbocycles. The fraction of sp³-hybridized carbons (Fsp3) is 0.455. The van der Waals surface area contributed by atoms with Gasteiger partial charge in [0.2, 0.25) is 10.0 Å². The highest BCUT2D eigenvalue weighted by Crippen LogP contribution is 2.25. The maximum absolute atomic E-state index is 11.2.